The number of rotatable bonds is 2. The van der Waals surface area contributed by atoms with Gasteiger partial charge in [-0.3, -0.25) is 0 Å². The first-order valence-corrected chi connectivity index (χ1v) is 4.43. The highest BCUT2D eigenvalue weighted by Gasteiger charge is 2.33. The highest BCUT2D eigenvalue weighted by molar-refractivity contribution is 9.10. The van der Waals surface area contributed by atoms with Crippen molar-refractivity contribution in [3.63, 3.8) is 0 Å². The smallest absolute Gasteiger partial charge is 0.385 e. The lowest BCUT2D eigenvalue weighted by atomic mass is 10.3. The maximum atomic E-state index is 13.2. The van der Waals surface area contributed by atoms with Crippen LogP contribution < -0.4 is 10.5 Å². The average Bonchev–Trinajstić information content (AvgIpc) is 2.11. The topological polar surface area (TPSA) is 48.1 Å². The van der Waals surface area contributed by atoms with Crippen LogP contribution in [0.4, 0.5) is 17.6 Å². The van der Waals surface area contributed by atoms with E-state index in [2.05, 4.69) is 25.7 Å². The van der Waals surface area contributed by atoms with Gasteiger partial charge in [0.15, 0.2) is 5.82 Å². The molecule has 0 aliphatic heterocycles. The summed E-state index contributed by atoms with van der Waals surface area (Å²) in [5, 5.41) is 0. The number of halogens is 5. The Kier molecular flexibility index (Phi) is 3.50. The Hall–Kier alpha value is -0.890. The number of nitrogens with two attached hydrogens (primary N) is 1. The van der Waals surface area contributed by atoms with Crippen molar-refractivity contribution in [2.45, 2.75) is 12.9 Å². The van der Waals surface area contributed by atoms with Crippen LogP contribution in [0.1, 0.15) is 5.56 Å². The van der Waals surface area contributed by atoms with Crippen molar-refractivity contribution in [3.05, 3.63) is 22.1 Å². The predicted octanol–water partition coefficient (Wildman–Crippen LogP) is 2.34. The second kappa shape index (κ2) is 4.31. The summed E-state index contributed by atoms with van der Waals surface area (Å²) in [6.07, 6.45) is -3.97. The Morgan fingerprint density at radius 1 is 1.47 bits per heavy atom. The zero-order valence-electron chi connectivity index (χ0n) is 7.11. The summed E-state index contributed by atoms with van der Waals surface area (Å²) in [4.78, 5) is 3.17. The van der Waals surface area contributed by atoms with E-state index in [4.69, 9.17) is 5.73 Å². The fourth-order valence-electron chi connectivity index (χ4n) is 0.808. The Bertz CT molecular complexity index is 369. The molecule has 0 unspecified atom stereocenters. The van der Waals surface area contributed by atoms with E-state index in [1.807, 2.05) is 0 Å². The average molecular weight is 289 g/mol. The second-order valence-corrected chi connectivity index (χ2v) is 3.26. The van der Waals surface area contributed by atoms with E-state index in [0.29, 0.717) is 0 Å². The molecule has 15 heavy (non-hydrogen) atoms. The fraction of sp³-hybridized carbons (Fsp3) is 0.286. The first-order valence-electron chi connectivity index (χ1n) is 3.64. The van der Waals surface area contributed by atoms with Gasteiger partial charge in [-0.2, -0.15) is 4.39 Å². The molecule has 0 radical (unpaired) electrons. The first kappa shape index (κ1) is 12.2. The Labute approximate surface area is 90.4 Å². The van der Waals surface area contributed by atoms with Crippen LogP contribution in [0.2, 0.25) is 0 Å². The first-order chi connectivity index (χ1) is 6.85. The summed E-state index contributed by atoms with van der Waals surface area (Å²) >= 11 is 2.76. The van der Waals surface area contributed by atoms with Crippen molar-refractivity contribution in [2.75, 3.05) is 0 Å². The van der Waals surface area contributed by atoms with Crippen molar-refractivity contribution < 1.29 is 22.3 Å². The monoisotopic (exact) mass is 288 g/mol. The summed E-state index contributed by atoms with van der Waals surface area (Å²) in [5.41, 5.74) is 5.45. The lowest BCUT2D eigenvalue weighted by molar-refractivity contribution is -0.277. The van der Waals surface area contributed by atoms with Gasteiger partial charge in [0.25, 0.3) is 5.88 Å². The van der Waals surface area contributed by atoms with Crippen LogP contribution in [0.15, 0.2) is 10.7 Å². The highest BCUT2D eigenvalue weighted by Crippen LogP contribution is 2.29. The molecule has 0 aliphatic rings. The molecule has 1 rings (SSSR count). The zero-order valence-corrected chi connectivity index (χ0v) is 8.69. The normalized spacial score (nSPS) is 11.6. The number of alkyl halides is 3. The molecule has 0 saturated heterocycles. The predicted molar refractivity (Wildman–Crippen MR) is 46.5 cm³/mol. The largest absolute Gasteiger partial charge is 0.574 e. The summed E-state index contributed by atoms with van der Waals surface area (Å²) in [5.74, 6) is -2.36. The number of hydrogen-bond acceptors (Lipinski definition) is 3. The van der Waals surface area contributed by atoms with Gasteiger partial charge in [0.05, 0.1) is 4.47 Å². The summed E-state index contributed by atoms with van der Waals surface area (Å²) < 4.78 is 51.7. The van der Waals surface area contributed by atoms with Gasteiger partial charge in [-0.15, -0.1) is 13.2 Å². The molecule has 0 aliphatic carbocycles. The lowest BCUT2D eigenvalue weighted by Crippen LogP contribution is -2.19. The quantitative estimate of drug-likeness (QED) is 0.850. The van der Waals surface area contributed by atoms with Gasteiger partial charge in [-0.25, -0.2) is 4.98 Å². The van der Waals surface area contributed by atoms with E-state index in [0.717, 1.165) is 6.20 Å². The van der Waals surface area contributed by atoms with Crippen LogP contribution in [-0.4, -0.2) is 11.3 Å². The molecule has 3 nitrogen and oxygen atoms in total. The van der Waals surface area contributed by atoms with Gasteiger partial charge >= 0.3 is 6.36 Å². The standard InChI is InChI=1S/C7H5BrF4N2O/c8-4-3(1-13)2-14-6(5(4)9)15-7(10,11)12/h2H,1,13H2. The number of aromatic nitrogens is 1. The molecule has 2 N–H and O–H groups in total. The summed E-state index contributed by atoms with van der Waals surface area (Å²) in [7, 11) is 0. The number of hydrogen-bond donors (Lipinski definition) is 1. The molecule has 0 aromatic carbocycles. The van der Waals surface area contributed by atoms with Crippen LogP contribution in [0.5, 0.6) is 5.88 Å². The maximum Gasteiger partial charge on any atom is 0.574 e. The molecule has 0 saturated carbocycles. The van der Waals surface area contributed by atoms with Gasteiger partial charge in [-0.1, -0.05) is 0 Å². The lowest BCUT2D eigenvalue weighted by Gasteiger charge is -2.10. The summed E-state index contributed by atoms with van der Waals surface area (Å²) in [6.45, 7) is -0.0448. The van der Waals surface area contributed by atoms with E-state index < -0.39 is 18.1 Å². The molecular formula is C7H5BrF4N2O. The van der Waals surface area contributed by atoms with Gasteiger partial charge in [0.1, 0.15) is 0 Å². The van der Waals surface area contributed by atoms with E-state index in [1.54, 1.807) is 0 Å². The van der Waals surface area contributed by atoms with Gasteiger partial charge in [-0.05, 0) is 15.9 Å². The second-order valence-electron chi connectivity index (χ2n) is 2.47. The van der Waals surface area contributed by atoms with E-state index in [9.17, 15) is 17.6 Å². The summed E-state index contributed by atoms with van der Waals surface area (Å²) in [6, 6.07) is 0. The van der Waals surface area contributed by atoms with E-state index >= 15 is 0 Å². The highest BCUT2D eigenvalue weighted by atomic mass is 79.9. The fourth-order valence-corrected chi connectivity index (χ4v) is 1.24. The van der Waals surface area contributed by atoms with E-state index in [1.165, 1.54) is 0 Å². The molecule has 1 heterocycles. The molecule has 0 fully saturated rings. The SMILES string of the molecule is NCc1cnc(OC(F)(F)F)c(F)c1Br. The molecule has 0 bridgehead atoms. The minimum Gasteiger partial charge on any atom is -0.385 e. The third kappa shape index (κ3) is 3.03. The zero-order chi connectivity index (χ0) is 11.6. The van der Waals surface area contributed by atoms with Gasteiger partial charge in [0, 0.05) is 18.3 Å². The third-order valence-electron chi connectivity index (χ3n) is 1.43. The minimum atomic E-state index is -4.97. The van der Waals surface area contributed by atoms with E-state index in [-0.39, 0.29) is 16.6 Å². The van der Waals surface area contributed by atoms with Crippen LogP contribution in [0.3, 0.4) is 0 Å². The van der Waals surface area contributed by atoms with Crippen molar-refractivity contribution in [2.24, 2.45) is 5.73 Å². The molecule has 0 amide bonds. The van der Waals surface area contributed by atoms with Gasteiger partial charge in [0.2, 0.25) is 0 Å². The van der Waals surface area contributed by atoms with Crippen LogP contribution >= 0.6 is 15.9 Å². The van der Waals surface area contributed by atoms with Crippen LogP contribution in [0.25, 0.3) is 0 Å². The minimum absolute atomic E-state index is 0.0448. The molecule has 0 atom stereocenters. The number of pyridine rings is 1. The van der Waals surface area contributed by atoms with Crippen molar-refractivity contribution >= 4 is 15.9 Å². The number of ether oxygens (including phenoxy) is 1. The van der Waals surface area contributed by atoms with Crippen molar-refractivity contribution in [3.8, 4) is 5.88 Å². The van der Waals surface area contributed by atoms with Crippen molar-refractivity contribution in [1.82, 2.24) is 4.98 Å². The Morgan fingerprint density at radius 3 is 2.53 bits per heavy atom. The molecule has 0 spiro atoms. The number of nitrogens with zero attached hydrogens (tertiary/aromatic N) is 1. The molecule has 1 aromatic rings. The molecular weight excluding hydrogens is 284 g/mol. The van der Waals surface area contributed by atoms with Crippen LogP contribution in [0, 0.1) is 5.82 Å². The molecule has 8 heteroatoms. The van der Waals surface area contributed by atoms with Crippen molar-refractivity contribution in [1.29, 1.82) is 0 Å². The Morgan fingerprint density at radius 2 is 2.07 bits per heavy atom. The maximum absolute atomic E-state index is 13.2. The van der Waals surface area contributed by atoms with Crippen LogP contribution in [-0.2, 0) is 6.54 Å². The molecule has 1 aromatic heterocycles. The van der Waals surface area contributed by atoms with Gasteiger partial charge < -0.3 is 10.5 Å². The molecule has 84 valence electrons. The third-order valence-corrected chi connectivity index (χ3v) is 2.29. The Balaban J connectivity index is 3.07.